The molecule has 1 aromatic rings. The first-order chi connectivity index (χ1) is 12.5. The van der Waals surface area contributed by atoms with Crippen LogP contribution in [0.3, 0.4) is 0 Å². The van der Waals surface area contributed by atoms with Crippen molar-refractivity contribution in [3.8, 4) is 5.75 Å². The van der Waals surface area contributed by atoms with Crippen molar-refractivity contribution >= 4 is 11.8 Å². The number of carbonyl (C=O) groups excluding carboxylic acids is 2. The lowest BCUT2D eigenvalue weighted by atomic mass is 10.2. The Morgan fingerprint density at radius 2 is 2.04 bits per heavy atom. The van der Waals surface area contributed by atoms with Crippen LogP contribution in [0.2, 0.25) is 0 Å². The van der Waals surface area contributed by atoms with E-state index in [1.165, 1.54) is 6.07 Å². The first kappa shape index (κ1) is 18.6. The van der Waals surface area contributed by atoms with E-state index in [0.29, 0.717) is 44.6 Å². The van der Waals surface area contributed by atoms with Crippen LogP contribution in [0.4, 0.5) is 8.78 Å². The summed E-state index contributed by atoms with van der Waals surface area (Å²) in [6.07, 6.45) is 1.75. The molecule has 0 aliphatic carbocycles. The summed E-state index contributed by atoms with van der Waals surface area (Å²) in [5, 5.41) is 2.72. The van der Waals surface area contributed by atoms with Gasteiger partial charge in [0.25, 0.3) is 0 Å². The lowest BCUT2D eigenvalue weighted by molar-refractivity contribution is -0.134. The Morgan fingerprint density at radius 3 is 2.77 bits per heavy atom. The van der Waals surface area contributed by atoms with Crippen LogP contribution in [0.25, 0.3) is 0 Å². The molecule has 3 rings (SSSR count). The smallest absolute Gasteiger partial charge is 0.387 e. The largest absolute Gasteiger partial charge is 0.434 e. The molecule has 2 aliphatic rings. The molecule has 0 bridgehead atoms. The molecule has 1 N–H and O–H groups in total. The molecule has 1 aromatic carbocycles. The molecule has 26 heavy (non-hydrogen) atoms. The van der Waals surface area contributed by atoms with Crippen LogP contribution in [-0.4, -0.2) is 60.4 Å². The van der Waals surface area contributed by atoms with Crippen molar-refractivity contribution in [2.75, 3.05) is 26.2 Å². The molecule has 8 heteroatoms. The number of hydrogen-bond acceptors (Lipinski definition) is 4. The standard InChI is InChI=1S/C18H23F2N3O3/c19-18(20)26-15-5-2-1-4-13(15)12-22-8-3-9-23(11-10-22)17(25)14-6-7-16(24)21-14/h1-2,4-5,14,18H,3,6-12H2,(H,21,24)/t14-/m0/s1. The summed E-state index contributed by atoms with van der Waals surface area (Å²) in [5.41, 5.74) is 0.704. The number of para-hydroxylation sites is 1. The minimum atomic E-state index is -2.85. The number of benzene rings is 1. The van der Waals surface area contributed by atoms with Crippen LogP contribution >= 0.6 is 0 Å². The van der Waals surface area contributed by atoms with Crippen LogP contribution in [0, 0.1) is 0 Å². The minimum Gasteiger partial charge on any atom is -0.434 e. The molecule has 2 aliphatic heterocycles. The van der Waals surface area contributed by atoms with Gasteiger partial charge in [-0.3, -0.25) is 14.5 Å². The molecule has 2 heterocycles. The predicted octanol–water partition coefficient (Wildman–Crippen LogP) is 1.60. The van der Waals surface area contributed by atoms with Gasteiger partial charge in [0.1, 0.15) is 11.8 Å². The van der Waals surface area contributed by atoms with E-state index in [-0.39, 0.29) is 17.6 Å². The second-order valence-corrected chi connectivity index (χ2v) is 6.60. The lowest BCUT2D eigenvalue weighted by Gasteiger charge is -2.24. The number of nitrogens with one attached hydrogen (secondary N) is 1. The molecule has 2 saturated heterocycles. The van der Waals surface area contributed by atoms with Gasteiger partial charge in [0, 0.05) is 44.7 Å². The zero-order valence-corrected chi connectivity index (χ0v) is 14.5. The van der Waals surface area contributed by atoms with Gasteiger partial charge in [-0.05, 0) is 18.9 Å². The zero-order valence-electron chi connectivity index (χ0n) is 14.5. The topological polar surface area (TPSA) is 61.9 Å². The second kappa shape index (κ2) is 8.44. The van der Waals surface area contributed by atoms with E-state index in [9.17, 15) is 18.4 Å². The van der Waals surface area contributed by atoms with Gasteiger partial charge in [-0.25, -0.2) is 0 Å². The highest BCUT2D eigenvalue weighted by Gasteiger charge is 2.31. The van der Waals surface area contributed by atoms with E-state index in [1.54, 1.807) is 23.1 Å². The van der Waals surface area contributed by atoms with Crippen LogP contribution in [0.5, 0.6) is 5.75 Å². The van der Waals surface area contributed by atoms with Crippen molar-refractivity contribution in [2.24, 2.45) is 0 Å². The average Bonchev–Trinajstić information content (AvgIpc) is 2.91. The molecule has 0 saturated carbocycles. The van der Waals surface area contributed by atoms with Gasteiger partial charge in [-0.1, -0.05) is 18.2 Å². The maximum Gasteiger partial charge on any atom is 0.387 e. The highest BCUT2D eigenvalue weighted by molar-refractivity contribution is 5.90. The number of amides is 2. The Kier molecular flexibility index (Phi) is 6.03. The van der Waals surface area contributed by atoms with Crippen molar-refractivity contribution in [1.29, 1.82) is 0 Å². The number of nitrogens with zero attached hydrogens (tertiary/aromatic N) is 2. The molecule has 0 unspecified atom stereocenters. The number of hydrogen-bond donors (Lipinski definition) is 1. The summed E-state index contributed by atoms with van der Waals surface area (Å²) in [6.45, 7) is 0.250. The van der Waals surface area contributed by atoms with E-state index >= 15 is 0 Å². The number of alkyl halides is 2. The summed E-state index contributed by atoms with van der Waals surface area (Å²) in [6, 6.07) is 6.37. The molecule has 1 atom stereocenters. The third-order valence-electron chi connectivity index (χ3n) is 4.78. The zero-order chi connectivity index (χ0) is 18.5. The highest BCUT2D eigenvalue weighted by Crippen LogP contribution is 2.22. The Labute approximate surface area is 151 Å². The molecule has 6 nitrogen and oxygen atoms in total. The molecule has 0 aromatic heterocycles. The summed E-state index contributed by atoms with van der Waals surface area (Å²) >= 11 is 0. The van der Waals surface area contributed by atoms with Gasteiger partial charge in [-0.15, -0.1) is 0 Å². The molecule has 142 valence electrons. The fraction of sp³-hybridized carbons (Fsp3) is 0.556. The van der Waals surface area contributed by atoms with Crippen molar-refractivity contribution in [3.05, 3.63) is 29.8 Å². The summed E-state index contributed by atoms with van der Waals surface area (Å²) in [7, 11) is 0. The fourth-order valence-corrected chi connectivity index (χ4v) is 3.46. The number of rotatable bonds is 5. The fourth-order valence-electron chi connectivity index (χ4n) is 3.46. The monoisotopic (exact) mass is 367 g/mol. The molecular formula is C18H23F2N3O3. The van der Waals surface area contributed by atoms with Gasteiger partial charge in [0.05, 0.1) is 0 Å². The minimum absolute atomic E-state index is 0.0286. The van der Waals surface area contributed by atoms with E-state index in [4.69, 9.17) is 0 Å². The third-order valence-corrected chi connectivity index (χ3v) is 4.78. The first-order valence-corrected chi connectivity index (χ1v) is 8.86. The SMILES string of the molecule is O=C1CC[C@@H](C(=O)N2CCCN(Cc3ccccc3OC(F)F)CC2)N1. The van der Waals surface area contributed by atoms with Crippen molar-refractivity contribution in [3.63, 3.8) is 0 Å². The summed E-state index contributed by atoms with van der Waals surface area (Å²) in [5.74, 6) is 0.0860. The van der Waals surface area contributed by atoms with E-state index in [2.05, 4.69) is 15.0 Å². The number of ether oxygens (including phenoxy) is 1. The van der Waals surface area contributed by atoms with Crippen molar-refractivity contribution in [2.45, 2.75) is 38.5 Å². The maximum absolute atomic E-state index is 12.5. The first-order valence-electron chi connectivity index (χ1n) is 8.86. The van der Waals surface area contributed by atoms with Gasteiger partial charge in [-0.2, -0.15) is 8.78 Å². The van der Waals surface area contributed by atoms with Gasteiger partial charge in [0.2, 0.25) is 11.8 Å². The molecule has 2 fully saturated rings. The van der Waals surface area contributed by atoms with E-state index in [0.717, 1.165) is 13.0 Å². The van der Waals surface area contributed by atoms with Crippen molar-refractivity contribution < 1.29 is 23.1 Å². The number of halogens is 2. The van der Waals surface area contributed by atoms with E-state index < -0.39 is 12.7 Å². The summed E-state index contributed by atoms with van der Waals surface area (Å²) in [4.78, 5) is 27.8. The van der Waals surface area contributed by atoms with Crippen LogP contribution < -0.4 is 10.1 Å². The summed E-state index contributed by atoms with van der Waals surface area (Å²) < 4.78 is 29.7. The molecule has 2 amide bonds. The Bertz CT molecular complexity index is 656. The van der Waals surface area contributed by atoms with E-state index in [1.807, 2.05) is 0 Å². The van der Waals surface area contributed by atoms with Gasteiger partial charge < -0.3 is 15.0 Å². The van der Waals surface area contributed by atoms with Gasteiger partial charge in [0.15, 0.2) is 0 Å². The maximum atomic E-state index is 12.5. The van der Waals surface area contributed by atoms with Crippen LogP contribution in [0.15, 0.2) is 24.3 Å². The molecular weight excluding hydrogens is 344 g/mol. The molecule has 0 spiro atoms. The normalized spacial score (nSPS) is 21.6. The number of carbonyl (C=O) groups is 2. The van der Waals surface area contributed by atoms with Crippen molar-refractivity contribution in [1.82, 2.24) is 15.1 Å². The Balaban J connectivity index is 1.57. The Hall–Kier alpha value is -2.22. The predicted molar refractivity (Wildman–Crippen MR) is 90.7 cm³/mol. The van der Waals surface area contributed by atoms with Gasteiger partial charge >= 0.3 is 6.61 Å². The second-order valence-electron chi connectivity index (χ2n) is 6.60. The van der Waals surface area contributed by atoms with Crippen LogP contribution in [-0.2, 0) is 16.1 Å². The lowest BCUT2D eigenvalue weighted by Crippen LogP contribution is -2.45. The highest BCUT2D eigenvalue weighted by atomic mass is 19.3. The third kappa shape index (κ3) is 4.69. The average molecular weight is 367 g/mol. The van der Waals surface area contributed by atoms with Crippen LogP contribution in [0.1, 0.15) is 24.8 Å². The molecule has 0 radical (unpaired) electrons. The Morgan fingerprint density at radius 1 is 1.23 bits per heavy atom. The quantitative estimate of drug-likeness (QED) is 0.859.